The zero-order valence-corrected chi connectivity index (χ0v) is 17.1. The maximum Gasteiger partial charge on any atom is 0.416 e. The molecule has 10 heteroatoms. The summed E-state index contributed by atoms with van der Waals surface area (Å²) >= 11 is 0. The van der Waals surface area contributed by atoms with Crippen molar-refractivity contribution in [1.29, 1.82) is 0 Å². The Bertz CT molecular complexity index is 1200. The van der Waals surface area contributed by atoms with E-state index in [2.05, 4.69) is 15.0 Å². The summed E-state index contributed by atoms with van der Waals surface area (Å²) in [7, 11) is -3.94. The average Bonchev–Trinajstić information content (AvgIpc) is 2.73. The minimum atomic E-state index is -4.55. The van der Waals surface area contributed by atoms with Crippen molar-refractivity contribution in [3.8, 4) is 0 Å². The molecule has 0 aliphatic rings. The third kappa shape index (κ3) is 5.68. The van der Waals surface area contributed by atoms with Crippen LogP contribution in [0.1, 0.15) is 27.0 Å². The summed E-state index contributed by atoms with van der Waals surface area (Å²) in [5.41, 5.74) is 0.193. The molecule has 0 fully saturated rings. The van der Waals surface area contributed by atoms with Crippen LogP contribution in [0, 0.1) is 6.92 Å². The van der Waals surface area contributed by atoms with E-state index in [1.165, 1.54) is 36.5 Å². The number of alkyl halides is 3. The number of hydrogen-bond donors (Lipinski definition) is 2. The van der Waals surface area contributed by atoms with Crippen LogP contribution < -0.4 is 10.0 Å². The number of aryl methyl sites for hydroxylation is 1. The summed E-state index contributed by atoms with van der Waals surface area (Å²) in [5, 5.41) is 2.39. The van der Waals surface area contributed by atoms with E-state index < -0.39 is 27.7 Å². The zero-order valence-electron chi connectivity index (χ0n) is 16.3. The Kier molecular flexibility index (Phi) is 6.42. The lowest BCUT2D eigenvalue weighted by Crippen LogP contribution is -2.24. The quantitative estimate of drug-likeness (QED) is 0.592. The zero-order chi connectivity index (χ0) is 22.6. The van der Waals surface area contributed by atoms with Crippen LogP contribution in [0.5, 0.6) is 0 Å². The minimum absolute atomic E-state index is 0.00974. The molecule has 1 aromatic heterocycles. The van der Waals surface area contributed by atoms with E-state index in [9.17, 15) is 26.4 Å². The van der Waals surface area contributed by atoms with Gasteiger partial charge < -0.3 is 5.32 Å². The number of aromatic nitrogens is 1. The third-order valence-corrected chi connectivity index (χ3v) is 5.80. The van der Waals surface area contributed by atoms with Gasteiger partial charge in [-0.3, -0.25) is 9.78 Å². The molecule has 0 radical (unpaired) electrons. The van der Waals surface area contributed by atoms with E-state index in [-0.39, 0.29) is 22.7 Å². The highest BCUT2D eigenvalue weighted by Crippen LogP contribution is 2.30. The van der Waals surface area contributed by atoms with Gasteiger partial charge in [0.1, 0.15) is 0 Å². The molecule has 2 aromatic carbocycles. The van der Waals surface area contributed by atoms with Gasteiger partial charge in [-0.25, -0.2) is 13.1 Å². The number of pyridine rings is 1. The summed E-state index contributed by atoms with van der Waals surface area (Å²) in [5.74, 6) is -0.721. The second-order valence-electron chi connectivity index (χ2n) is 6.70. The number of halogens is 3. The van der Waals surface area contributed by atoms with Gasteiger partial charge in [-0.1, -0.05) is 18.2 Å². The Morgan fingerprint density at radius 1 is 1.06 bits per heavy atom. The van der Waals surface area contributed by atoms with Crippen LogP contribution in [0.3, 0.4) is 0 Å². The number of carbonyl (C=O) groups is 1. The van der Waals surface area contributed by atoms with Crippen molar-refractivity contribution in [2.75, 3.05) is 5.32 Å². The maximum absolute atomic E-state index is 12.9. The molecule has 0 spiro atoms. The van der Waals surface area contributed by atoms with Crippen molar-refractivity contribution in [3.63, 3.8) is 0 Å². The second-order valence-corrected chi connectivity index (χ2v) is 8.46. The summed E-state index contributed by atoms with van der Waals surface area (Å²) in [6.45, 7) is 1.61. The van der Waals surface area contributed by atoms with Crippen LogP contribution in [0.15, 0.2) is 71.9 Å². The predicted octanol–water partition coefficient (Wildman–Crippen LogP) is 4.14. The van der Waals surface area contributed by atoms with E-state index in [1.807, 2.05) is 0 Å². The monoisotopic (exact) mass is 449 g/mol. The van der Waals surface area contributed by atoms with Gasteiger partial charge in [-0.2, -0.15) is 13.2 Å². The Labute approximate surface area is 177 Å². The van der Waals surface area contributed by atoms with Crippen LogP contribution in [0.2, 0.25) is 0 Å². The largest absolute Gasteiger partial charge is 0.416 e. The van der Waals surface area contributed by atoms with Crippen molar-refractivity contribution < 1.29 is 26.4 Å². The molecule has 0 aliphatic heterocycles. The molecule has 162 valence electrons. The van der Waals surface area contributed by atoms with Crippen LogP contribution >= 0.6 is 0 Å². The number of amides is 1. The summed E-state index contributed by atoms with van der Waals surface area (Å²) in [4.78, 5) is 16.4. The Morgan fingerprint density at radius 2 is 1.84 bits per heavy atom. The number of benzene rings is 2. The number of carbonyl (C=O) groups excluding carboxylic acids is 1. The highest BCUT2D eigenvalue weighted by Gasteiger charge is 2.30. The van der Waals surface area contributed by atoms with Gasteiger partial charge >= 0.3 is 6.18 Å². The molecular weight excluding hydrogens is 431 g/mol. The van der Waals surface area contributed by atoms with Gasteiger partial charge in [0.15, 0.2) is 0 Å². The van der Waals surface area contributed by atoms with Gasteiger partial charge in [0.25, 0.3) is 5.91 Å². The summed E-state index contributed by atoms with van der Waals surface area (Å²) < 4.78 is 66.3. The van der Waals surface area contributed by atoms with Gasteiger partial charge in [0.2, 0.25) is 10.0 Å². The molecule has 0 unspecified atom stereocenters. The fraction of sp³-hybridized carbons (Fsp3) is 0.143. The number of anilines is 1. The van der Waals surface area contributed by atoms with Crippen molar-refractivity contribution in [1.82, 2.24) is 9.71 Å². The molecule has 0 aliphatic carbocycles. The van der Waals surface area contributed by atoms with E-state index in [4.69, 9.17) is 0 Å². The first kappa shape index (κ1) is 22.4. The topological polar surface area (TPSA) is 88.2 Å². The third-order valence-electron chi connectivity index (χ3n) is 4.40. The molecule has 2 N–H and O–H groups in total. The average molecular weight is 449 g/mol. The number of nitrogens with one attached hydrogen (secondary N) is 2. The first-order valence-corrected chi connectivity index (χ1v) is 10.5. The molecule has 0 atom stereocenters. The molecule has 1 amide bonds. The molecule has 31 heavy (non-hydrogen) atoms. The Hall–Kier alpha value is -3.24. The van der Waals surface area contributed by atoms with Crippen LogP contribution in [-0.4, -0.2) is 19.3 Å². The molecule has 6 nitrogen and oxygen atoms in total. The van der Waals surface area contributed by atoms with E-state index in [0.29, 0.717) is 11.1 Å². The van der Waals surface area contributed by atoms with Gasteiger partial charge in [0, 0.05) is 30.2 Å². The van der Waals surface area contributed by atoms with E-state index >= 15 is 0 Å². The standard InChI is InChI=1S/C21H18F3N3O3S/c1-14-7-8-18(31(29,30)26-13-15-4-3-9-25-12-15)11-19(14)20(28)27-17-6-2-5-16(10-17)21(22,23)24/h2-12,26H,13H2,1H3,(H,27,28). The molecule has 3 aromatic rings. The normalized spacial score (nSPS) is 11.9. The molecule has 0 bridgehead atoms. The lowest BCUT2D eigenvalue weighted by atomic mass is 10.1. The van der Waals surface area contributed by atoms with Crippen molar-refractivity contribution in [2.24, 2.45) is 0 Å². The van der Waals surface area contributed by atoms with Crippen LogP contribution in [-0.2, 0) is 22.7 Å². The Morgan fingerprint density at radius 3 is 2.52 bits per heavy atom. The van der Waals surface area contributed by atoms with E-state index in [1.54, 1.807) is 25.3 Å². The summed E-state index contributed by atoms with van der Waals surface area (Å²) in [6, 6.07) is 11.6. The van der Waals surface area contributed by atoms with Crippen LogP contribution in [0.4, 0.5) is 18.9 Å². The van der Waals surface area contributed by atoms with Gasteiger partial charge in [0.05, 0.1) is 10.5 Å². The highest BCUT2D eigenvalue weighted by atomic mass is 32.2. The van der Waals surface area contributed by atoms with Crippen molar-refractivity contribution >= 4 is 21.6 Å². The Balaban J connectivity index is 1.81. The van der Waals surface area contributed by atoms with E-state index in [0.717, 1.165) is 12.1 Å². The van der Waals surface area contributed by atoms with Crippen molar-refractivity contribution in [3.05, 3.63) is 89.2 Å². The number of sulfonamides is 1. The first-order chi connectivity index (χ1) is 14.6. The minimum Gasteiger partial charge on any atom is -0.322 e. The fourth-order valence-electron chi connectivity index (χ4n) is 2.75. The highest BCUT2D eigenvalue weighted by molar-refractivity contribution is 7.89. The van der Waals surface area contributed by atoms with Crippen molar-refractivity contribution in [2.45, 2.75) is 24.5 Å². The molecule has 0 saturated heterocycles. The molecule has 3 rings (SSSR count). The first-order valence-electron chi connectivity index (χ1n) is 9.04. The lowest BCUT2D eigenvalue weighted by molar-refractivity contribution is -0.137. The molecule has 0 saturated carbocycles. The molecule has 1 heterocycles. The number of rotatable bonds is 6. The second kappa shape index (κ2) is 8.86. The summed E-state index contributed by atoms with van der Waals surface area (Å²) in [6.07, 6.45) is -1.47. The van der Waals surface area contributed by atoms with Gasteiger partial charge in [-0.05, 0) is 54.4 Å². The smallest absolute Gasteiger partial charge is 0.322 e. The maximum atomic E-state index is 12.9. The SMILES string of the molecule is Cc1ccc(S(=O)(=O)NCc2cccnc2)cc1C(=O)Nc1cccc(C(F)(F)F)c1. The predicted molar refractivity (Wildman–Crippen MR) is 109 cm³/mol. The number of hydrogen-bond acceptors (Lipinski definition) is 4. The van der Waals surface area contributed by atoms with Gasteiger partial charge in [-0.15, -0.1) is 0 Å². The lowest BCUT2D eigenvalue weighted by Gasteiger charge is -2.12. The number of nitrogens with zero attached hydrogens (tertiary/aromatic N) is 1. The molecular formula is C21H18F3N3O3S. The van der Waals surface area contributed by atoms with Crippen LogP contribution in [0.25, 0.3) is 0 Å². The fourth-order valence-corrected chi connectivity index (χ4v) is 3.79.